The quantitative estimate of drug-likeness (QED) is 0.898. The molecule has 2 nitrogen and oxygen atoms in total. The first-order valence-electron chi connectivity index (χ1n) is 6.10. The number of likely N-dealkylation sites (tertiary alicyclic amines) is 1. The van der Waals surface area contributed by atoms with Gasteiger partial charge in [-0.3, -0.25) is 4.90 Å². The van der Waals surface area contributed by atoms with E-state index in [-0.39, 0.29) is 12.4 Å². The van der Waals surface area contributed by atoms with Gasteiger partial charge >= 0.3 is 0 Å². The number of halogens is 1. The molecule has 0 saturated carbocycles. The Balaban J connectivity index is 0.00000144. The third-order valence-electron chi connectivity index (χ3n) is 3.26. The second-order valence-corrected chi connectivity index (χ2v) is 5.28. The standard InChI is InChI=1S/C14H21NO.ClH/c1-12(2)10-15-9-8-14(16,11-15)13-6-4-3-5-7-13;/h3-7,12,16H,8-11H2,1-2H3;1H. The van der Waals surface area contributed by atoms with Gasteiger partial charge in [0, 0.05) is 19.6 Å². The zero-order valence-electron chi connectivity index (χ0n) is 10.6. The third-order valence-corrected chi connectivity index (χ3v) is 3.26. The van der Waals surface area contributed by atoms with Gasteiger partial charge in [-0.1, -0.05) is 44.2 Å². The Morgan fingerprint density at radius 2 is 1.94 bits per heavy atom. The van der Waals surface area contributed by atoms with Gasteiger partial charge in [0.2, 0.25) is 0 Å². The fourth-order valence-electron chi connectivity index (χ4n) is 2.53. The molecule has 3 heteroatoms. The molecule has 2 rings (SSSR count). The number of aliphatic hydroxyl groups is 1. The Bertz CT molecular complexity index is 341. The van der Waals surface area contributed by atoms with E-state index >= 15 is 0 Å². The third kappa shape index (κ3) is 3.44. The number of β-amino-alcohol motifs (C(OH)–C–C–N with tert-alkyl or cyclic N) is 1. The van der Waals surface area contributed by atoms with E-state index in [2.05, 4.69) is 18.7 Å². The first-order valence-corrected chi connectivity index (χ1v) is 6.10. The highest BCUT2D eigenvalue weighted by atomic mass is 35.5. The Kier molecular flexibility index (Phi) is 4.99. The molecule has 0 bridgehead atoms. The van der Waals surface area contributed by atoms with Crippen LogP contribution in [0.5, 0.6) is 0 Å². The molecule has 1 fully saturated rings. The average molecular weight is 256 g/mol. The Labute approximate surface area is 110 Å². The molecule has 1 aliphatic rings. The predicted octanol–water partition coefficient (Wildman–Crippen LogP) is 2.66. The van der Waals surface area contributed by atoms with Gasteiger partial charge in [0.05, 0.1) is 0 Å². The first kappa shape index (κ1) is 14.5. The maximum absolute atomic E-state index is 10.6. The summed E-state index contributed by atoms with van der Waals surface area (Å²) in [6, 6.07) is 10.0. The molecule has 1 N–H and O–H groups in total. The number of benzene rings is 1. The molecule has 1 aromatic rings. The van der Waals surface area contributed by atoms with Crippen molar-refractivity contribution in [2.45, 2.75) is 25.9 Å². The molecule has 96 valence electrons. The zero-order chi connectivity index (χ0) is 11.6. The average Bonchev–Trinajstić information content (AvgIpc) is 2.62. The van der Waals surface area contributed by atoms with Gasteiger partial charge in [-0.25, -0.2) is 0 Å². The van der Waals surface area contributed by atoms with Crippen molar-refractivity contribution in [3.8, 4) is 0 Å². The Morgan fingerprint density at radius 1 is 1.29 bits per heavy atom. The van der Waals surface area contributed by atoms with Crippen molar-refractivity contribution in [2.75, 3.05) is 19.6 Å². The monoisotopic (exact) mass is 255 g/mol. The fraction of sp³-hybridized carbons (Fsp3) is 0.571. The molecular formula is C14H22ClNO. The summed E-state index contributed by atoms with van der Waals surface area (Å²) in [5.74, 6) is 0.665. The van der Waals surface area contributed by atoms with Crippen LogP contribution in [0.1, 0.15) is 25.8 Å². The number of nitrogens with zero attached hydrogens (tertiary/aromatic N) is 1. The normalized spacial score (nSPS) is 24.9. The van der Waals surface area contributed by atoms with Crippen LogP contribution in [0.25, 0.3) is 0 Å². The minimum atomic E-state index is -0.629. The zero-order valence-corrected chi connectivity index (χ0v) is 11.4. The van der Waals surface area contributed by atoms with Crippen molar-refractivity contribution in [3.63, 3.8) is 0 Å². The van der Waals surface area contributed by atoms with Gasteiger partial charge in [0.1, 0.15) is 5.60 Å². The van der Waals surface area contributed by atoms with Gasteiger partial charge in [-0.2, -0.15) is 0 Å². The Morgan fingerprint density at radius 3 is 2.53 bits per heavy atom. The summed E-state index contributed by atoms with van der Waals surface area (Å²) in [6.45, 7) is 7.30. The van der Waals surface area contributed by atoms with Gasteiger partial charge < -0.3 is 5.11 Å². The van der Waals surface area contributed by atoms with Crippen LogP contribution in [0.4, 0.5) is 0 Å². The number of hydrogen-bond acceptors (Lipinski definition) is 2. The van der Waals surface area contributed by atoms with E-state index in [0.29, 0.717) is 5.92 Å². The van der Waals surface area contributed by atoms with E-state index in [0.717, 1.165) is 31.6 Å². The molecule has 17 heavy (non-hydrogen) atoms. The summed E-state index contributed by atoms with van der Waals surface area (Å²) in [5, 5.41) is 10.6. The fourth-order valence-corrected chi connectivity index (χ4v) is 2.53. The Hall–Kier alpha value is -0.570. The molecule has 0 aliphatic carbocycles. The molecule has 0 aromatic heterocycles. The summed E-state index contributed by atoms with van der Waals surface area (Å²) in [6.07, 6.45) is 0.851. The maximum Gasteiger partial charge on any atom is 0.103 e. The van der Waals surface area contributed by atoms with E-state index in [1.54, 1.807) is 0 Å². The second-order valence-electron chi connectivity index (χ2n) is 5.28. The van der Waals surface area contributed by atoms with Crippen molar-refractivity contribution < 1.29 is 5.11 Å². The molecule has 1 aliphatic heterocycles. The van der Waals surface area contributed by atoms with Crippen LogP contribution in [-0.2, 0) is 5.60 Å². The molecule has 1 aromatic carbocycles. The lowest BCUT2D eigenvalue weighted by atomic mass is 9.93. The molecular weight excluding hydrogens is 234 g/mol. The minimum Gasteiger partial charge on any atom is -0.384 e. The van der Waals surface area contributed by atoms with Crippen LogP contribution in [0, 0.1) is 5.92 Å². The van der Waals surface area contributed by atoms with Crippen molar-refractivity contribution in [2.24, 2.45) is 5.92 Å². The van der Waals surface area contributed by atoms with Gasteiger partial charge in [0.15, 0.2) is 0 Å². The van der Waals surface area contributed by atoms with Crippen LogP contribution in [0.2, 0.25) is 0 Å². The highest BCUT2D eigenvalue weighted by molar-refractivity contribution is 5.85. The number of rotatable bonds is 3. The summed E-state index contributed by atoms with van der Waals surface area (Å²) >= 11 is 0. The van der Waals surface area contributed by atoms with Crippen LogP contribution in [0.15, 0.2) is 30.3 Å². The minimum absolute atomic E-state index is 0. The lowest BCUT2D eigenvalue weighted by Crippen LogP contribution is -2.32. The summed E-state index contributed by atoms with van der Waals surface area (Å²) in [7, 11) is 0. The smallest absolute Gasteiger partial charge is 0.103 e. The molecule has 0 radical (unpaired) electrons. The first-order chi connectivity index (χ1) is 7.60. The van der Waals surface area contributed by atoms with Crippen LogP contribution < -0.4 is 0 Å². The van der Waals surface area contributed by atoms with Crippen LogP contribution in [0.3, 0.4) is 0 Å². The molecule has 0 spiro atoms. The number of hydrogen-bond donors (Lipinski definition) is 1. The van der Waals surface area contributed by atoms with E-state index in [9.17, 15) is 5.11 Å². The molecule has 1 unspecified atom stereocenters. The maximum atomic E-state index is 10.6. The van der Waals surface area contributed by atoms with E-state index in [1.807, 2.05) is 30.3 Å². The molecule has 1 atom stereocenters. The van der Waals surface area contributed by atoms with E-state index in [1.165, 1.54) is 0 Å². The summed E-state index contributed by atoms with van der Waals surface area (Å²) < 4.78 is 0. The second kappa shape index (κ2) is 5.85. The highest BCUT2D eigenvalue weighted by Crippen LogP contribution is 2.31. The lowest BCUT2D eigenvalue weighted by Gasteiger charge is -2.24. The molecule has 1 heterocycles. The lowest BCUT2D eigenvalue weighted by molar-refractivity contribution is 0.0449. The summed E-state index contributed by atoms with van der Waals surface area (Å²) in [4.78, 5) is 2.36. The van der Waals surface area contributed by atoms with Crippen molar-refractivity contribution >= 4 is 12.4 Å². The summed E-state index contributed by atoms with van der Waals surface area (Å²) in [5.41, 5.74) is 0.428. The topological polar surface area (TPSA) is 23.5 Å². The van der Waals surface area contributed by atoms with E-state index < -0.39 is 5.60 Å². The van der Waals surface area contributed by atoms with E-state index in [4.69, 9.17) is 0 Å². The van der Waals surface area contributed by atoms with Gasteiger partial charge in [-0.15, -0.1) is 12.4 Å². The van der Waals surface area contributed by atoms with Crippen molar-refractivity contribution in [3.05, 3.63) is 35.9 Å². The van der Waals surface area contributed by atoms with Crippen molar-refractivity contribution in [1.29, 1.82) is 0 Å². The molecule has 0 amide bonds. The molecule has 1 saturated heterocycles. The van der Waals surface area contributed by atoms with Crippen LogP contribution in [-0.4, -0.2) is 29.6 Å². The van der Waals surface area contributed by atoms with Gasteiger partial charge in [-0.05, 0) is 17.9 Å². The van der Waals surface area contributed by atoms with Gasteiger partial charge in [0.25, 0.3) is 0 Å². The largest absolute Gasteiger partial charge is 0.384 e. The highest BCUT2D eigenvalue weighted by Gasteiger charge is 2.37. The van der Waals surface area contributed by atoms with Crippen molar-refractivity contribution in [1.82, 2.24) is 4.90 Å². The predicted molar refractivity (Wildman–Crippen MR) is 73.5 cm³/mol. The van der Waals surface area contributed by atoms with Crippen LogP contribution >= 0.6 is 12.4 Å². The SMILES string of the molecule is CC(C)CN1CCC(O)(c2ccccc2)C1.Cl.